The first-order valence-electron chi connectivity index (χ1n) is 6.62. The van der Waals surface area contributed by atoms with E-state index in [2.05, 4.69) is 12.2 Å². The fourth-order valence-electron chi connectivity index (χ4n) is 1.70. The Labute approximate surface area is 110 Å². The van der Waals surface area contributed by atoms with Gasteiger partial charge in [0.2, 0.25) is 5.91 Å². The summed E-state index contributed by atoms with van der Waals surface area (Å²) in [7, 11) is -2.99. The monoisotopic (exact) mass is 278 g/mol. The van der Waals surface area contributed by atoms with Gasteiger partial charge in [-0.1, -0.05) is 20.3 Å². The van der Waals surface area contributed by atoms with E-state index >= 15 is 0 Å². The van der Waals surface area contributed by atoms with Gasteiger partial charge < -0.3 is 11.1 Å². The van der Waals surface area contributed by atoms with E-state index in [1.165, 1.54) is 0 Å². The first-order chi connectivity index (χ1) is 8.45. The Morgan fingerprint density at radius 3 is 2.44 bits per heavy atom. The Morgan fingerprint density at radius 2 is 1.94 bits per heavy atom. The van der Waals surface area contributed by atoms with Crippen LogP contribution in [-0.4, -0.2) is 38.9 Å². The molecule has 6 heteroatoms. The molecule has 0 heterocycles. The SMILES string of the molecule is CCC(CCN)CCC(=O)NCCS(=O)(=O)CC. The van der Waals surface area contributed by atoms with Crippen molar-refractivity contribution < 1.29 is 13.2 Å². The molecule has 0 aromatic carbocycles. The standard InChI is InChI=1S/C12H26N2O3S/c1-3-11(7-8-13)5-6-12(15)14-9-10-18(16,17)4-2/h11H,3-10,13H2,1-2H3,(H,14,15). The van der Waals surface area contributed by atoms with Crippen LogP contribution in [0.2, 0.25) is 0 Å². The third-order valence-electron chi connectivity index (χ3n) is 3.11. The van der Waals surface area contributed by atoms with Crippen LogP contribution in [0.15, 0.2) is 0 Å². The van der Waals surface area contributed by atoms with Crippen molar-refractivity contribution in [2.24, 2.45) is 11.7 Å². The van der Waals surface area contributed by atoms with Gasteiger partial charge in [0.05, 0.1) is 5.75 Å². The van der Waals surface area contributed by atoms with Crippen LogP contribution in [0.4, 0.5) is 0 Å². The Hall–Kier alpha value is -0.620. The van der Waals surface area contributed by atoms with Gasteiger partial charge in [-0.05, 0) is 25.3 Å². The Balaban J connectivity index is 3.78. The molecule has 1 unspecified atom stereocenters. The molecule has 0 aromatic rings. The van der Waals surface area contributed by atoms with Crippen LogP contribution in [0.25, 0.3) is 0 Å². The summed E-state index contributed by atoms with van der Waals surface area (Å²) < 4.78 is 22.4. The van der Waals surface area contributed by atoms with E-state index in [0.717, 1.165) is 19.3 Å². The zero-order valence-corrected chi connectivity index (χ0v) is 12.3. The van der Waals surface area contributed by atoms with E-state index in [9.17, 15) is 13.2 Å². The van der Waals surface area contributed by atoms with Gasteiger partial charge in [-0.3, -0.25) is 4.79 Å². The van der Waals surface area contributed by atoms with Crippen molar-refractivity contribution in [1.29, 1.82) is 0 Å². The number of sulfone groups is 1. The molecule has 0 spiro atoms. The van der Waals surface area contributed by atoms with E-state index in [0.29, 0.717) is 18.9 Å². The lowest BCUT2D eigenvalue weighted by atomic mass is 9.96. The predicted molar refractivity (Wildman–Crippen MR) is 74.0 cm³/mol. The van der Waals surface area contributed by atoms with Crippen LogP contribution in [0, 0.1) is 5.92 Å². The van der Waals surface area contributed by atoms with E-state index < -0.39 is 9.84 Å². The third kappa shape index (κ3) is 8.47. The van der Waals surface area contributed by atoms with Crippen molar-refractivity contribution in [3.63, 3.8) is 0 Å². The highest BCUT2D eigenvalue weighted by molar-refractivity contribution is 7.91. The van der Waals surface area contributed by atoms with Crippen LogP contribution >= 0.6 is 0 Å². The number of hydrogen-bond donors (Lipinski definition) is 2. The van der Waals surface area contributed by atoms with Gasteiger partial charge in [0.25, 0.3) is 0 Å². The zero-order valence-electron chi connectivity index (χ0n) is 11.4. The lowest BCUT2D eigenvalue weighted by Gasteiger charge is -2.13. The fraction of sp³-hybridized carbons (Fsp3) is 0.917. The van der Waals surface area contributed by atoms with Crippen molar-refractivity contribution in [2.75, 3.05) is 24.6 Å². The summed E-state index contributed by atoms with van der Waals surface area (Å²) in [5.41, 5.74) is 5.49. The molecule has 1 atom stereocenters. The number of rotatable bonds is 10. The highest BCUT2D eigenvalue weighted by atomic mass is 32.2. The second-order valence-corrected chi connectivity index (χ2v) is 6.95. The predicted octanol–water partition coefficient (Wildman–Crippen LogP) is 0.693. The molecule has 0 aliphatic carbocycles. The summed E-state index contributed by atoms with van der Waals surface area (Å²) in [4.78, 5) is 11.5. The molecule has 0 rings (SSSR count). The Morgan fingerprint density at radius 1 is 1.28 bits per heavy atom. The summed E-state index contributed by atoms with van der Waals surface area (Å²) >= 11 is 0. The van der Waals surface area contributed by atoms with Gasteiger partial charge in [-0.15, -0.1) is 0 Å². The molecule has 0 aliphatic rings. The average molecular weight is 278 g/mol. The van der Waals surface area contributed by atoms with Gasteiger partial charge in [-0.25, -0.2) is 8.42 Å². The maximum atomic E-state index is 11.5. The molecule has 0 aromatic heterocycles. The van der Waals surface area contributed by atoms with Crippen LogP contribution in [0.1, 0.15) is 39.5 Å². The summed E-state index contributed by atoms with van der Waals surface area (Å²) in [6.07, 6.45) is 3.23. The minimum Gasteiger partial charge on any atom is -0.355 e. The summed E-state index contributed by atoms with van der Waals surface area (Å²) in [5, 5.41) is 2.65. The number of nitrogens with one attached hydrogen (secondary N) is 1. The van der Waals surface area contributed by atoms with Gasteiger partial charge in [0, 0.05) is 18.7 Å². The fourth-order valence-corrected chi connectivity index (χ4v) is 2.40. The van der Waals surface area contributed by atoms with E-state index in [1.54, 1.807) is 6.92 Å². The lowest BCUT2D eigenvalue weighted by Crippen LogP contribution is -2.29. The topological polar surface area (TPSA) is 89.3 Å². The minimum atomic E-state index is -2.99. The third-order valence-corrected chi connectivity index (χ3v) is 4.81. The molecule has 0 aliphatic heterocycles. The molecule has 18 heavy (non-hydrogen) atoms. The molecular formula is C12H26N2O3S. The molecule has 5 nitrogen and oxygen atoms in total. The molecule has 0 saturated carbocycles. The maximum Gasteiger partial charge on any atom is 0.220 e. The quantitative estimate of drug-likeness (QED) is 0.615. The number of carbonyl (C=O) groups is 1. The Kier molecular flexibility index (Phi) is 9.01. The van der Waals surface area contributed by atoms with Crippen molar-refractivity contribution in [3.8, 4) is 0 Å². The van der Waals surface area contributed by atoms with E-state index in [4.69, 9.17) is 5.73 Å². The second kappa shape index (κ2) is 9.33. The summed E-state index contributed by atoms with van der Waals surface area (Å²) in [6, 6.07) is 0. The highest BCUT2D eigenvalue weighted by Crippen LogP contribution is 2.14. The molecule has 0 saturated heterocycles. The minimum absolute atomic E-state index is 0.0231. The number of hydrogen-bond acceptors (Lipinski definition) is 4. The van der Waals surface area contributed by atoms with Crippen LogP contribution < -0.4 is 11.1 Å². The van der Waals surface area contributed by atoms with Crippen LogP contribution in [-0.2, 0) is 14.6 Å². The molecular weight excluding hydrogens is 252 g/mol. The molecule has 0 fully saturated rings. The normalized spacial score (nSPS) is 13.3. The first kappa shape index (κ1) is 17.4. The van der Waals surface area contributed by atoms with Crippen molar-refractivity contribution in [2.45, 2.75) is 39.5 Å². The van der Waals surface area contributed by atoms with Crippen LogP contribution in [0.3, 0.4) is 0 Å². The number of amides is 1. The lowest BCUT2D eigenvalue weighted by molar-refractivity contribution is -0.121. The summed E-state index contributed by atoms with van der Waals surface area (Å²) in [6.45, 7) is 4.55. The van der Waals surface area contributed by atoms with E-state index in [-0.39, 0.29) is 24.0 Å². The highest BCUT2D eigenvalue weighted by Gasteiger charge is 2.10. The summed E-state index contributed by atoms with van der Waals surface area (Å²) in [5.74, 6) is 0.559. The van der Waals surface area contributed by atoms with Crippen molar-refractivity contribution in [1.82, 2.24) is 5.32 Å². The van der Waals surface area contributed by atoms with Gasteiger partial charge in [-0.2, -0.15) is 0 Å². The van der Waals surface area contributed by atoms with Gasteiger partial charge in [0.15, 0.2) is 9.84 Å². The smallest absolute Gasteiger partial charge is 0.220 e. The van der Waals surface area contributed by atoms with Gasteiger partial charge in [0.1, 0.15) is 0 Å². The van der Waals surface area contributed by atoms with E-state index in [1.807, 2.05) is 0 Å². The zero-order chi connectivity index (χ0) is 14.0. The number of carbonyl (C=O) groups excluding carboxylic acids is 1. The van der Waals surface area contributed by atoms with Crippen molar-refractivity contribution in [3.05, 3.63) is 0 Å². The molecule has 1 amide bonds. The first-order valence-corrected chi connectivity index (χ1v) is 8.44. The molecule has 108 valence electrons. The largest absolute Gasteiger partial charge is 0.355 e. The van der Waals surface area contributed by atoms with Gasteiger partial charge >= 0.3 is 0 Å². The molecule has 0 bridgehead atoms. The van der Waals surface area contributed by atoms with Crippen molar-refractivity contribution >= 4 is 15.7 Å². The number of nitrogens with two attached hydrogens (primary N) is 1. The average Bonchev–Trinajstić information content (AvgIpc) is 2.34. The maximum absolute atomic E-state index is 11.5. The molecule has 0 radical (unpaired) electrons. The Bertz CT molecular complexity index is 328. The molecule has 3 N–H and O–H groups in total. The second-order valence-electron chi connectivity index (χ2n) is 4.48. The van der Waals surface area contributed by atoms with Crippen LogP contribution in [0.5, 0.6) is 0 Å².